The molecule has 0 aliphatic carbocycles. The molecule has 3 heterocycles. The van der Waals surface area contributed by atoms with E-state index in [0.717, 1.165) is 23.1 Å². The van der Waals surface area contributed by atoms with Crippen LogP contribution in [0.2, 0.25) is 0 Å². The minimum Gasteiger partial charge on any atom is -0.366 e. The Morgan fingerprint density at radius 1 is 1.07 bits per heavy atom. The molecule has 0 unspecified atom stereocenters. The number of amides is 1. The predicted molar refractivity (Wildman–Crippen MR) is 100 cm³/mol. The van der Waals surface area contributed by atoms with Gasteiger partial charge in [0.2, 0.25) is 5.91 Å². The van der Waals surface area contributed by atoms with Crippen LogP contribution in [-0.4, -0.2) is 20.9 Å². The Morgan fingerprint density at radius 2 is 1.82 bits per heavy atom. The van der Waals surface area contributed by atoms with Gasteiger partial charge < -0.3 is 10.7 Å². The minimum atomic E-state index is -4.42. The van der Waals surface area contributed by atoms with E-state index < -0.39 is 17.6 Å². The summed E-state index contributed by atoms with van der Waals surface area (Å²) in [4.78, 5) is 22.5. The molecule has 1 amide bonds. The van der Waals surface area contributed by atoms with Gasteiger partial charge in [0, 0.05) is 52.1 Å². The largest absolute Gasteiger partial charge is 0.416 e. The second kappa shape index (κ2) is 6.49. The fourth-order valence-electron chi connectivity index (χ4n) is 2.96. The first-order valence-corrected chi connectivity index (χ1v) is 8.23. The lowest BCUT2D eigenvalue weighted by Gasteiger charge is -2.08. The third kappa shape index (κ3) is 3.32. The quantitative estimate of drug-likeness (QED) is 0.518. The second-order valence-electron chi connectivity index (χ2n) is 6.23. The molecule has 0 bridgehead atoms. The molecule has 28 heavy (non-hydrogen) atoms. The summed E-state index contributed by atoms with van der Waals surface area (Å²) in [6, 6.07) is 6.92. The number of pyridine rings is 2. The summed E-state index contributed by atoms with van der Waals surface area (Å²) in [5.74, 6) is -0.572. The molecule has 4 rings (SSSR count). The van der Waals surface area contributed by atoms with E-state index in [0.29, 0.717) is 27.7 Å². The highest BCUT2D eigenvalue weighted by molar-refractivity contribution is 5.96. The van der Waals surface area contributed by atoms with E-state index >= 15 is 0 Å². The van der Waals surface area contributed by atoms with Gasteiger partial charge in [-0.3, -0.25) is 9.78 Å². The average molecular weight is 382 g/mol. The number of benzene rings is 1. The third-order valence-corrected chi connectivity index (χ3v) is 4.33. The van der Waals surface area contributed by atoms with E-state index in [2.05, 4.69) is 15.0 Å². The van der Waals surface area contributed by atoms with Gasteiger partial charge in [-0.25, -0.2) is 4.98 Å². The van der Waals surface area contributed by atoms with Gasteiger partial charge in [0.25, 0.3) is 0 Å². The molecule has 0 atom stereocenters. The normalized spacial score (nSPS) is 12.2. The number of nitrogens with two attached hydrogens (primary N) is 1. The van der Waals surface area contributed by atoms with Gasteiger partial charge in [0.15, 0.2) is 0 Å². The molecule has 0 radical (unpaired) electrons. The van der Waals surface area contributed by atoms with Crippen LogP contribution in [0.4, 0.5) is 13.2 Å². The van der Waals surface area contributed by atoms with Crippen molar-refractivity contribution in [2.24, 2.45) is 5.73 Å². The molecule has 140 valence electrons. The number of alkyl halides is 3. The lowest BCUT2D eigenvalue weighted by molar-refractivity contribution is -0.137. The maximum atomic E-state index is 13.0. The topological polar surface area (TPSA) is 84.7 Å². The molecule has 8 heteroatoms. The summed E-state index contributed by atoms with van der Waals surface area (Å²) in [5.41, 5.74) is 7.52. The summed E-state index contributed by atoms with van der Waals surface area (Å²) in [6.07, 6.45) is 3.28. The van der Waals surface area contributed by atoms with Crippen molar-refractivity contribution in [1.29, 1.82) is 0 Å². The number of nitrogens with one attached hydrogen (secondary N) is 1. The molecule has 0 saturated heterocycles. The molecule has 0 spiro atoms. The summed E-state index contributed by atoms with van der Waals surface area (Å²) in [7, 11) is 0. The molecule has 3 aromatic heterocycles. The Labute approximate surface area is 156 Å². The van der Waals surface area contributed by atoms with Gasteiger partial charge >= 0.3 is 6.18 Å². The van der Waals surface area contributed by atoms with Crippen molar-refractivity contribution in [3.8, 4) is 11.1 Å². The van der Waals surface area contributed by atoms with Gasteiger partial charge in [-0.1, -0.05) is 0 Å². The van der Waals surface area contributed by atoms with Crippen molar-refractivity contribution < 1.29 is 18.0 Å². The van der Waals surface area contributed by atoms with Crippen LogP contribution in [-0.2, 0) is 11.0 Å². The van der Waals surface area contributed by atoms with Crippen molar-refractivity contribution in [1.82, 2.24) is 15.0 Å². The van der Waals surface area contributed by atoms with Crippen molar-refractivity contribution >= 4 is 33.9 Å². The first-order chi connectivity index (χ1) is 13.3. The number of carbonyl (C=O) groups is 1. The molecule has 1 aromatic carbocycles. The number of halogens is 3. The maximum Gasteiger partial charge on any atom is 0.416 e. The highest BCUT2D eigenvalue weighted by Crippen LogP contribution is 2.32. The summed E-state index contributed by atoms with van der Waals surface area (Å²) >= 11 is 0. The van der Waals surface area contributed by atoms with Crippen molar-refractivity contribution in [2.45, 2.75) is 6.18 Å². The predicted octanol–water partition coefficient (Wildman–Crippen LogP) is 4.30. The van der Waals surface area contributed by atoms with Crippen LogP contribution in [0, 0.1) is 0 Å². The Balaban J connectivity index is 1.81. The highest BCUT2D eigenvalue weighted by Gasteiger charge is 2.30. The number of aromatic amines is 1. The van der Waals surface area contributed by atoms with Crippen LogP contribution in [0.5, 0.6) is 0 Å². The number of aromatic nitrogens is 3. The first kappa shape index (κ1) is 17.7. The Bertz CT molecular complexity index is 1240. The van der Waals surface area contributed by atoms with Crippen LogP contribution >= 0.6 is 0 Å². The average Bonchev–Trinajstić information content (AvgIpc) is 3.07. The zero-order valence-electron chi connectivity index (χ0n) is 14.3. The zero-order chi connectivity index (χ0) is 19.9. The monoisotopic (exact) mass is 382 g/mol. The number of primary amides is 1. The Kier molecular flexibility index (Phi) is 4.11. The van der Waals surface area contributed by atoms with Crippen LogP contribution in [0.25, 0.3) is 39.1 Å². The van der Waals surface area contributed by atoms with Gasteiger partial charge in [0.1, 0.15) is 5.65 Å². The van der Waals surface area contributed by atoms with Crippen molar-refractivity contribution in [2.75, 3.05) is 0 Å². The zero-order valence-corrected chi connectivity index (χ0v) is 14.3. The van der Waals surface area contributed by atoms with E-state index in [1.165, 1.54) is 12.1 Å². The number of fused-ring (bicyclic) bond motifs is 2. The molecular formula is C20H13F3N4O. The summed E-state index contributed by atoms with van der Waals surface area (Å²) < 4.78 is 38.9. The van der Waals surface area contributed by atoms with E-state index in [1.54, 1.807) is 30.7 Å². The highest BCUT2D eigenvalue weighted by atomic mass is 19.4. The Hall–Kier alpha value is -3.68. The minimum absolute atomic E-state index is 0.385. The summed E-state index contributed by atoms with van der Waals surface area (Å²) in [6.45, 7) is 0. The van der Waals surface area contributed by atoms with Crippen LogP contribution in [0.1, 0.15) is 11.1 Å². The maximum absolute atomic E-state index is 13.0. The lowest BCUT2D eigenvalue weighted by Crippen LogP contribution is -2.04. The molecule has 5 nitrogen and oxygen atoms in total. The van der Waals surface area contributed by atoms with Gasteiger partial charge in [-0.2, -0.15) is 13.2 Å². The Morgan fingerprint density at radius 3 is 2.57 bits per heavy atom. The molecule has 0 saturated carbocycles. The van der Waals surface area contributed by atoms with Gasteiger partial charge in [-0.05, 0) is 36.4 Å². The fourth-order valence-corrected chi connectivity index (χ4v) is 2.96. The summed E-state index contributed by atoms with van der Waals surface area (Å²) in [5, 5.41) is 1.13. The van der Waals surface area contributed by atoms with E-state index in [1.807, 2.05) is 6.07 Å². The van der Waals surface area contributed by atoms with Crippen molar-refractivity contribution in [3.05, 3.63) is 66.1 Å². The van der Waals surface area contributed by atoms with E-state index in [4.69, 9.17) is 5.73 Å². The smallest absolute Gasteiger partial charge is 0.366 e. The van der Waals surface area contributed by atoms with Crippen LogP contribution < -0.4 is 5.73 Å². The van der Waals surface area contributed by atoms with Crippen molar-refractivity contribution in [3.63, 3.8) is 0 Å². The number of H-pyrrole nitrogens is 1. The van der Waals surface area contributed by atoms with Crippen LogP contribution in [0.3, 0.4) is 0 Å². The van der Waals surface area contributed by atoms with E-state index in [-0.39, 0.29) is 0 Å². The SMILES string of the molecule is NC(=O)/C=C/c1c[nH]c2ncc(-c3cnc4ccc(C(F)(F)F)cc4c3)cc12. The van der Waals surface area contributed by atoms with Gasteiger partial charge in [0.05, 0.1) is 11.1 Å². The standard InChI is InChI=1S/C20H13F3N4O/c21-20(22,23)15-2-3-17-12(6-15)5-13(9-25-17)14-7-16-11(1-4-18(24)28)8-26-19(16)27-10-14/h1-10H,(H2,24,28)(H,26,27)/b4-1+. The second-order valence-corrected chi connectivity index (χ2v) is 6.23. The van der Waals surface area contributed by atoms with Crippen LogP contribution in [0.15, 0.2) is 55.0 Å². The number of hydrogen-bond donors (Lipinski definition) is 2. The first-order valence-electron chi connectivity index (χ1n) is 8.23. The molecule has 0 fully saturated rings. The van der Waals surface area contributed by atoms with E-state index in [9.17, 15) is 18.0 Å². The number of carbonyl (C=O) groups excluding carboxylic acids is 1. The number of nitrogens with zero attached hydrogens (tertiary/aromatic N) is 2. The third-order valence-electron chi connectivity index (χ3n) is 4.33. The molecule has 0 aliphatic heterocycles. The molecule has 3 N–H and O–H groups in total. The molecule has 4 aromatic rings. The molecular weight excluding hydrogens is 369 g/mol. The number of rotatable bonds is 3. The van der Waals surface area contributed by atoms with Gasteiger partial charge in [-0.15, -0.1) is 0 Å². The lowest BCUT2D eigenvalue weighted by atomic mass is 10.0. The fraction of sp³-hybridized carbons (Fsp3) is 0.0500. The number of hydrogen-bond acceptors (Lipinski definition) is 3. The molecule has 0 aliphatic rings.